The number of carbonyl (C=O) groups is 2. The van der Waals surface area contributed by atoms with Gasteiger partial charge in [0.1, 0.15) is 17.2 Å². The van der Waals surface area contributed by atoms with E-state index in [4.69, 9.17) is 4.74 Å². The van der Waals surface area contributed by atoms with Crippen LogP contribution >= 0.6 is 15.9 Å². The van der Waals surface area contributed by atoms with Crippen LogP contribution in [0.5, 0.6) is 0 Å². The van der Waals surface area contributed by atoms with Gasteiger partial charge in [0.05, 0.1) is 16.9 Å². The highest BCUT2D eigenvalue weighted by Gasteiger charge is 2.42. The molecule has 5 nitrogen and oxygen atoms in total. The van der Waals surface area contributed by atoms with Crippen molar-refractivity contribution in [2.24, 2.45) is 0 Å². The topological polar surface area (TPSA) is 58.6 Å². The van der Waals surface area contributed by atoms with Crippen LogP contribution in [-0.2, 0) is 9.53 Å². The van der Waals surface area contributed by atoms with Gasteiger partial charge in [-0.05, 0) is 45.4 Å². The molecule has 1 fully saturated rings. The van der Waals surface area contributed by atoms with Gasteiger partial charge in [-0.1, -0.05) is 15.9 Å². The van der Waals surface area contributed by atoms with Crippen LogP contribution in [0.1, 0.15) is 38.8 Å². The predicted octanol–water partition coefficient (Wildman–Crippen LogP) is 3.52. The molecule has 1 aromatic rings. The number of piperidine rings is 1. The highest BCUT2D eigenvalue weighted by atomic mass is 79.9. The van der Waals surface area contributed by atoms with Crippen LogP contribution in [0.3, 0.4) is 0 Å². The number of amides is 2. The number of alkyl carbamates (subject to hydrolysis) is 1. The molecular weight excluding hydrogens is 398 g/mol. The Kier molecular flexibility index (Phi) is 5.71. The molecule has 1 heterocycles. The zero-order valence-electron chi connectivity index (χ0n) is 14.5. The van der Waals surface area contributed by atoms with Crippen molar-refractivity contribution < 1.29 is 23.1 Å². The summed E-state index contributed by atoms with van der Waals surface area (Å²) in [4.78, 5) is 25.2. The van der Waals surface area contributed by atoms with E-state index in [9.17, 15) is 18.4 Å². The fourth-order valence-corrected chi connectivity index (χ4v) is 3.57. The fraction of sp³-hybridized carbons (Fsp3) is 0.529. The number of nitrogens with one attached hydrogen (secondary N) is 1. The third-order valence-electron chi connectivity index (χ3n) is 3.85. The molecule has 138 valence electrons. The van der Waals surface area contributed by atoms with Gasteiger partial charge in [-0.3, -0.25) is 4.79 Å². The fourth-order valence-electron chi connectivity index (χ4n) is 2.84. The summed E-state index contributed by atoms with van der Waals surface area (Å²) in [7, 11) is 1.49. The lowest BCUT2D eigenvalue weighted by atomic mass is 9.90. The maximum Gasteiger partial charge on any atom is 0.407 e. The number of halogens is 3. The molecule has 1 aromatic carbocycles. The Balaban J connectivity index is 2.35. The predicted molar refractivity (Wildman–Crippen MR) is 92.4 cm³/mol. The second kappa shape index (κ2) is 7.27. The Labute approximate surface area is 153 Å². The van der Waals surface area contributed by atoms with Crippen molar-refractivity contribution in [3.05, 3.63) is 35.4 Å². The van der Waals surface area contributed by atoms with Crippen molar-refractivity contribution in [2.45, 2.75) is 49.7 Å². The summed E-state index contributed by atoms with van der Waals surface area (Å²) in [6.45, 7) is 5.17. The number of hydrogen-bond acceptors (Lipinski definition) is 3. The lowest BCUT2D eigenvalue weighted by Gasteiger charge is -2.41. The molecule has 2 amide bonds. The second-order valence-electron chi connectivity index (χ2n) is 7.02. The molecule has 2 unspecified atom stereocenters. The summed E-state index contributed by atoms with van der Waals surface area (Å²) in [6.07, 6.45) is -0.454. The van der Waals surface area contributed by atoms with E-state index in [-0.39, 0.29) is 17.9 Å². The Bertz CT molecular complexity index is 678. The molecule has 1 aliphatic rings. The number of ether oxygens (including phenoxy) is 1. The van der Waals surface area contributed by atoms with Crippen LogP contribution in [-0.4, -0.2) is 40.4 Å². The van der Waals surface area contributed by atoms with Crippen molar-refractivity contribution in [2.75, 3.05) is 7.05 Å². The van der Waals surface area contributed by atoms with E-state index in [1.54, 1.807) is 20.8 Å². The lowest BCUT2D eigenvalue weighted by molar-refractivity contribution is -0.135. The maximum atomic E-state index is 14.3. The molecule has 0 saturated carbocycles. The SMILES string of the molecule is CN1C(=O)C(Br)CC(NC(=O)OC(C)(C)C)[C@H]1c1cc(F)ccc1F. The lowest BCUT2D eigenvalue weighted by Crippen LogP contribution is -2.55. The number of nitrogens with zero attached hydrogens (tertiary/aromatic N) is 1. The summed E-state index contributed by atoms with van der Waals surface area (Å²) in [6, 6.07) is 1.57. The summed E-state index contributed by atoms with van der Waals surface area (Å²) < 4.78 is 33.1. The van der Waals surface area contributed by atoms with Crippen LogP contribution in [0.25, 0.3) is 0 Å². The number of hydrogen-bond donors (Lipinski definition) is 1. The molecular formula is C17H21BrF2N2O3. The first-order valence-corrected chi connectivity index (χ1v) is 8.76. The number of likely N-dealkylation sites (N-methyl/N-ethyl adjacent to an activating group) is 1. The van der Waals surface area contributed by atoms with E-state index in [0.717, 1.165) is 18.2 Å². The van der Waals surface area contributed by atoms with E-state index in [2.05, 4.69) is 21.2 Å². The van der Waals surface area contributed by atoms with E-state index in [1.807, 2.05) is 0 Å². The molecule has 0 radical (unpaired) electrons. The van der Waals surface area contributed by atoms with Gasteiger partial charge >= 0.3 is 6.09 Å². The smallest absolute Gasteiger partial charge is 0.407 e. The summed E-state index contributed by atoms with van der Waals surface area (Å²) in [5.74, 6) is -1.53. The molecule has 2 rings (SSSR count). The first-order chi connectivity index (χ1) is 11.5. The zero-order valence-corrected chi connectivity index (χ0v) is 16.1. The van der Waals surface area contributed by atoms with Gasteiger partial charge in [-0.25, -0.2) is 13.6 Å². The van der Waals surface area contributed by atoms with Gasteiger partial charge in [0.2, 0.25) is 5.91 Å². The summed E-state index contributed by atoms with van der Waals surface area (Å²) >= 11 is 3.27. The van der Waals surface area contributed by atoms with Gasteiger partial charge in [0.15, 0.2) is 0 Å². The highest BCUT2D eigenvalue weighted by Crippen LogP contribution is 2.35. The van der Waals surface area contributed by atoms with E-state index in [1.165, 1.54) is 11.9 Å². The second-order valence-corrected chi connectivity index (χ2v) is 8.12. The van der Waals surface area contributed by atoms with Crippen molar-refractivity contribution in [3.8, 4) is 0 Å². The molecule has 8 heteroatoms. The van der Waals surface area contributed by atoms with Crippen LogP contribution in [0.4, 0.5) is 13.6 Å². The van der Waals surface area contributed by atoms with Crippen LogP contribution in [0.15, 0.2) is 18.2 Å². The quantitative estimate of drug-likeness (QED) is 0.747. The highest BCUT2D eigenvalue weighted by molar-refractivity contribution is 9.10. The van der Waals surface area contributed by atoms with E-state index >= 15 is 0 Å². The third-order valence-corrected chi connectivity index (χ3v) is 4.62. The van der Waals surface area contributed by atoms with Crippen LogP contribution in [0, 0.1) is 11.6 Å². The first kappa shape index (κ1) is 19.6. The molecule has 1 N–H and O–H groups in total. The van der Waals surface area contributed by atoms with Gasteiger partial charge in [-0.2, -0.15) is 0 Å². The number of benzene rings is 1. The number of likely N-dealkylation sites (tertiary alicyclic amines) is 1. The Hall–Kier alpha value is -1.70. The van der Waals surface area contributed by atoms with Crippen LogP contribution < -0.4 is 5.32 Å². The van der Waals surface area contributed by atoms with Crippen molar-refractivity contribution in [3.63, 3.8) is 0 Å². The number of alkyl halides is 1. The molecule has 25 heavy (non-hydrogen) atoms. The van der Waals surface area contributed by atoms with Crippen molar-refractivity contribution >= 4 is 27.9 Å². The van der Waals surface area contributed by atoms with Gasteiger partial charge in [0.25, 0.3) is 0 Å². The maximum absolute atomic E-state index is 14.3. The van der Waals surface area contributed by atoms with E-state index < -0.39 is 40.2 Å². The average Bonchev–Trinajstić information content (AvgIpc) is 2.46. The normalized spacial score (nSPS) is 24.2. The Morgan fingerprint density at radius 3 is 2.60 bits per heavy atom. The largest absolute Gasteiger partial charge is 0.444 e. The van der Waals surface area contributed by atoms with Crippen molar-refractivity contribution in [1.82, 2.24) is 10.2 Å². The minimum atomic E-state index is -0.843. The molecule has 1 saturated heterocycles. The van der Waals surface area contributed by atoms with E-state index in [0.29, 0.717) is 0 Å². The third kappa shape index (κ3) is 4.68. The summed E-state index contributed by atoms with van der Waals surface area (Å²) in [5.41, 5.74) is -0.690. The minimum absolute atomic E-state index is 0.0105. The first-order valence-electron chi connectivity index (χ1n) is 7.85. The van der Waals surface area contributed by atoms with Crippen molar-refractivity contribution in [1.29, 1.82) is 0 Å². The summed E-state index contributed by atoms with van der Waals surface area (Å²) in [5, 5.41) is 2.68. The average molecular weight is 419 g/mol. The molecule has 0 aromatic heterocycles. The molecule has 3 atom stereocenters. The monoisotopic (exact) mass is 418 g/mol. The zero-order chi connectivity index (χ0) is 18.9. The molecule has 1 aliphatic heterocycles. The molecule has 0 aliphatic carbocycles. The molecule has 0 bridgehead atoms. The van der Waals surface area contributed by atoms with Gasteiger partial charge < -0.3 is 15.0 Å². The Morgan fingerprint density at radius 2 is 2.00 bits per heavy atom. The van der Waals surface area contributed by atoms with Gasteiger partial charge in [-0.15, -0.1) is 0 Å². The number of rotatable bonds is 2. The molecule has 0 spiro atoms. The standard InChI is InChI=1S/C17H21BrF2N2O3/c1-17(2,3)25-16(24)21-13-8-11(18)15(23)22(4)14(13)10-7-9(19)5-6-12(10)20/h5-7,11,13-14H,8H2,1-4H3,(H,21,24)/t11?,13?,14-/m1/s1. The Morgan fingerprint density at radius 1 is 1.36 bits per heavy atom. The number of carbonyl (C=O) groups excluding carboxylic acids is 2. The van der Waals surface area contributed by atoms with Crippen LogP contribution in [0.2, 0.25) is 0 Å². The minimum Gasteiger partial charge on any atom is -0.444 e. The van der Waals surface area contributed by atoms with Gasteiger partial charge in [0, 0.05) is 12.6 Å².